The molecule has 3 heterocycles. The van der Waals surface area contributed by atoms with Gasteiger partial charge in [-0.05, 0) is 51.2 Å². The number of aldehydes is 1. The van der Waals surface area contributed by atoms with Crippen molar-refractivity contribution < 1.29 is 18.0 Å². The Hall–Kier alpha value is -2.45. The Morgan fingerprint density at radius 1 is 1.03 bits per heavy atom. The molecule has 0 aliphatic carbocycles. The second kappa shape index (κ2) is 9.57. The average Bonchev–Trinajstić information content (AvgIpc) is 2.98. The molecule has 1 fully saturated rings. The van der Waals surface area contributed by atoms with Gasteiger partial charge in [0.15, 0.2) is 17.6 Å². The van der Waals surface area contributed by atoms with E-state index in [4.69, 9.17) is 11.6 Å². The van der Waals surface area contributed by atoms with Gasteiger partial charge in [-0.1, -0.05) is 36.6 Å². The fraction of sp³-hybridized carbons (Fsp3) is 0.381. The molecule has 1 saturated heterocycles. The minimum atomic E-state index is -4.63. The summed E-state index contributed by atoms with van der Waals surface area (Å²) >= 11 is 5.77. The average molecular weight is 439 g/mol. The Labute approximate surface area is 177 Å². The summed E-state index contributed by atoms with van der Waals surface area (Å²) in [5.41, 5.74) is -0.580. The fourth-order valence-corrected chi connectivity index (χ4v) is 3.38. The number of rotatable bonds is 2. The van der Waals surface area contributed by atoms with E-state index in [9.17, 15) is 18.0 Å². The summed E-state index contributed by atoms with van der Waals surface area (Å²) < 4.78 is 40.2. The second-order valence-corrected chi connectivity index (χ2v) is 7.64. The lowest BCUT2D eigenvalue weighted by atomic mass is 10.1. The molecule has 0 amide bonds. The molecule has 1 aliphatic heterocycles. The Kier molecular flexibility index (Phi) is 7.10. The van der Waals surface area contributed by atoms with E-state index in [-0.39, 0.29) is 17.0 Å². The van der Waals surface area contributed by atoms with Crippen molar-refractivity contribution in [1.29, 1.82) is 0 Å². The highest BCUT2D eigenvalue weighted by Gasteiger charge is 2.35. The van der Waals surface area contributed by atoms with E-state index in [0.717, 1.165) is 6.07 Å². The molecule has 9 heteroatoms. The van der Waals surface area contributed by atoms with Crippen LogP contribution in [0, 0.1) is 0 Å². The smallest absolute Gasteiger partial charge is 0.306 e. The SMILES string of the molecule is CN1CCCCCC1.O=Cc1cc2nc(-c3ccc(Cl)cc3)cc(C(F)(F)F)n2n1. The van der Waals surface area contributed by atoms with E-state index in [0.29, 0.717) is 21.4 Å². The summed E-state index contributed by atoms with van der Waals surface area (Å²) in [6.07, 6.45) is 1.47. The Balaban J connectivity index is 0.000000269. The maximum Gasteiger partial charge on any atom is 0.433 e. The predicted octanol–water partition coefficient (Wildman–Crippen LogP) is 5.37. The third-order valence-electron chi connectivity index (χ3n) is 4.83. The zero-order valence-corrected chi connectivity index (χ0v) is 17.2. The molecule has 0 radical (unpaired) electrons. The summed E-state index contributed by atoms with van der Waals surface area (Å²) in [5, 5.41) is 4.06. The van der Waals surface area contributed by atoms with Crippen LogP contribution in [0.1, 0.15) is 41.9 Å². The first-order valence-electron chi connectivity index (χ1n) is 9.65. The Bertz CT molecular complexity index is 994. The van der Waals surface area contributed by atoms with Crippen molar-refractivity contribution in [3.05, 3.63) is 52.8 Å². The van der Waals surface area contributed by atoms with Crippen LogP contribution in [0.25, 0.3) is 16.9 Å². The second-order valence-electron chi connectivity index (χ2n) is 7.21. The lowest BCUT2D eigenvalue weighted by molar-refractivity contribution is -0.142. The molecule has 1 aromatic carbocycles. The van der Waals surface area contributed by atoms with Crippen LogP contribution < -0.4 is 0 Å². The van der Waals surface area contributed by atoms with Gasteiger partial charge in [0.2, 0.25) is 0 Å². The number of nitrogens with zero attached hydrogens (tertiary/aromatic N) is 4. The standard InChI is InChI=1S/C14H7ClF3N3O.C7H15N/c15-9-3-1-8(2-4-9)11-6-12(14(16,17)18)21-13(19-11)5-10(7-22)20-21;1-8-6-4-2-3-5-7-8/h1-7H;2-7H2,1H3. The molecule has 160 valence electrons. The molecule has 4 rings (SSSR count). The third kappa shape index (κ3) is 5.58. The van der Waals surface area contributed by atoms with Crippen molar-refractivity contribution in [1.82, 2.24) is 19.5 Å². The number of alkyl halides is 3. The van der Waals surface area contributed by atoms with Crippen LogP contribution >= 0.6 is 11.6 Å². The Morgan fingerprint density at radius 2 is 1.67 bits per heavy atom. The zero-order valence-electron chi connectivity index (χ0n) is 16.5. The summed E-state index contributed by atoms with van der Waals surface area (Å²) in [6, 6.07) is 8.34. The molecule has 30 heavy (non-hydrogen) atoms. The van der Waals surface area contributed by atoms with Crippen molar-refractivity contribution in [2.75, 3.05) is 20.1 Å². The molecular weight excluding hydrogens is 417 g/mol. The summed E-state index contributed by atoms with van der Waals surface area (Å²) in [5.74, 6) is 0. The largest absolute Gasteiger partial charge is 0.433 e. The van der Waals surface area contributed by atoms with Crippen molar-refractivity contribution in [3.63, 3.8) is 0 Å². The van der Waals surface area contributed by atoms with Crippen LogP contribution in [0.15, 0.2) is 36.4 Å². The first-order chi connectivity index (χ1) is 14.3. The molecule has 1 aliphatic rings. The highest BCUT2D eigenvalue weighted by atomic mass is 35.5. The molecule has 3 aromatic rings. The van der Waals surface area contributed by atoms with Gasteiger partial charge in [-0.25, -0.2) is 9.50 Å². The van der Waals surface area contributed by atoms with Gasteiger partial charge in [0.25, 0.3) is 0 Å². The van der Waals surface area contributed by atoms with Gasteiger partial charge in [0, 0.05) is 16.7 Å². The van der Waals surface area contributed by atoms with Crippen LogP contribution in [0.5, 0.6) is 0 Å². The van der Waals surface area contributed by atoms with Crippen LogP contribution in [-0.2, 0) is 6.18 Å². The number of hydrogen-bond donors (Lipinski definition) is 0. The number of likely N-dealkylation sites (tertiary alicyclic amines) is 1. The van der Waals surface area contributed by atoms with E-state index >= 15 is 0 Å². The van der Waals surface area contributed by atoms with E-state index < -0.39 is 11.9 Å². The lowest BCUT2D eigenvalue weighted by Gasteiger charge is -2.11. The van der Waals surface area contributed by atoms with Crippen molar-refractivity contribution >= 4 is 23.5 Å². The maximum atomic E-state index is 13.2. The van der Waals surface area contributed by atoms with E-state index in [1.807, 2.05) is 0 Å². The predicted molar refractivity (Wildman–Crippen MR) is 110 cm³/mol. The van der Waals surface area contributed by atoms with Crippen molar-refractivity contribution in [2.45, 2.75) is 31.9 Å². The van der Waals surface area contributed by atoms with Crippen LogP contribution in [0.4, 0.5) is 13.2 Å². The number of benzene rings is 1. The van der Waals surface area contributed by atoms with Gasteiger partial charge in [0.05, 0.1) is 5.69 Å². The summed E-state index contributed by atoms with van der Waals surface area (Å²) in [4.78, 5) is 17.3. The monoisotopic (exact) mass is 438 g/mol. The Morgan fingerprint density at radius 3 is 2.23 bits per heavy atom. The minimum absolute atomic E-state index is 0.0538. The van der Waals surface area contributed by atoms with Crippen molar-refractivity contribution in [3.8, 4) is 11.3 Å². The highest BCUT2D eigenvalue weighted by molar-refractivity contribution is 6.30. The number of halogens is 4. The quantitative estimate of drug-likeness (QED) is 0.504. The number of fused-ring (bicyclic) bond motifs is 1. The van der Waals surface area contributed by atoms with Gasteiger partial charge in [0.1, 0.15) is 5.69 Å². The van der Waals surface area contributed by atoms with E-state index in [1.54, 1.807) is 24.3 Å². The van der Waals surface area contributed by atoms with Gasteiger partial charge in [-0.3, -0.25) is 4.79 Å². The minimum Gasteiger partial charge on any atom is -0.306 e. The third-order valence-corrected chi connectivity index (χ3v) is 5.08. The molecule has 0 bridgehead atoms. The summed E-state index contributed by atoms with van der Waals surface area (Å²) in [7, 11) is 2.21. The number of hydrogen-bond acceptors (Lipinski definition) is 4. The molecular formula is C21H22ClF3N4O. The zero-order chi connectivity index (χ0) is 21.7. The number of carbonyl (C=O) groups is 1. The molecule has 0 N–H and O–H groups in total. The molecule has 0 atom stereocenters. The fourth-order valence-electron chi connectivity index (χ4n) is 3.25. The van der Waals surface area contributed by atoms with Crippen LogP contribution in [0.2, 0.25) is 5.02 Å². The highest BCUT2D eigenvalue weighted by Crippen LogP contribution is 2.32. The maximum absolute atomic E-state index is 13.2. The molecule has 0 unspecified atom stereocenters. The van der Waals surface area contributed by atoms with E-state index in [1.165, 1.54) is 44.8 Å². The van der Waals surface area contributed by atoms with Gasteiger partial charge < -0.3 is 4.90 Å². The van der Waals surface area contributed by atoms with Crippen LogP contribution in [-0.4, -0.2) is 45.9 Å². The lowest BCUT2D eigenvalue weighted by Crippen LogP contribution is -2.18. The molecule has 0 spiro atoms. The molecule has 0 saturated carbocycles. The van der Waals surface area contributed by atoms with E-state index in [2.05, 4.69) is 22.0 Å². The van der Waals surface area contributed by atoms with Crippen LogP contribution in [0.3, 0.4) is 0 Å². The van der Waals surface area contributed by atoms with Crippen molar-refractivity contribution in [2.24, 2.45) is 0 Å². The van der Waals surface area contributed by atoms with Gasteiger partial charge >= 0.3 is 6.18 Å². The normalized spacial score (nSPS) is 15.4. The molecule has 5 nitrogen and oxygen atoms in total. The number of aromatic nitrogens is 3. The first-order valence-corrected chi connectivity index (χ1v) is 10.0. The summed E-state index contributed by atoms with van der Waals surface area (Å²) in [6.45, 7) is 2.64. The molecule has 2 aromatic heterocycles. The van der Waals surface area contributed by atoms with Gasteiger partial charge in [-0.15, -0.1) is 0 Å². The topological polar surface area (TPSA) is 50.5 Å². The number of carbonyl (C=O) groups excluding carboxylic acids is 1. The first kappa shape index (κ1) is 22.2. The van der Waals surface area contributed by atoms with Gasteiger partial charge in [-0.2, -0.15) is 18.3 Å².